The van der Waals surface area contributed by atoms with E-state index >= 15 is 0 Å². The Morgan fingerprint density at radius 3 is 2.24 bits per heavy atom. The van der Waals surface area contributed by atoms with E-state index < -0.39 is 5.54 Å². The van der Waals surface area contributed by atoms with Crippen molar-refractivity contribution in [2.75, 3.05) is 19.8 Å². The third-order valence-electron chi connectivity index (χ3n) is 3.36. The largest absolute Gasteiger partial charge is 0.493 e. The molecule has 1 amide bonds. The Morgan fingerprint density at radius 1 is 1.24 bits per heavy atom. The molecule has 0 aliphatic carbocycles. The SMILES string of the molecule is CCC(CO)(CO)NC(=O)c1ccc(OCC(C)C)cc1. The summed E-state index contributed by atoms with van der Waals surface area (Å²) >= 11 is 0. The summed E-state index contributed by atoms with van der Waals surface area (Å²) in [4.78, 5) is 12.1. The molecule has 1 rings (SSSR count). The fourth-order valence-corrected chi connectivity index (χ4v) is 1.72. The van der Waals surface area contributed by atoms with Crippen LogP contribution in [0.1, 0.15) is 37.6 Å². The molecule has 0 heterocycles. The number of hydrogen-bond acceptors (Lipinski definition) is 4. The van der Waals surface area contributed by atoms with Gasteiger partial charge in [-0.05, 0) is 36.6 Å². The Labute approximate surface area is 125 Å². The topological polar surface area (TPSA) is 78.8 Å². The van der Waals surface area contributed by atoms with Crippen LogP contribution in [0.3, 0.4) is 0 Å². The quantitative estimate of drug-likeness (QED) is 0.680. The highest BCUT2D eigenvalue weighted by Gasteiger charge is 2.28. The van der Waals surface area contributed by atoms with E-state index in [9.17, 15) is 15.0 Å². The van der Waals surface area contributed by atoms with Crippen LogP contribution in [0, 0.1) is 5.92 Å². The molecular weight excluding hydrogens is 270 g/mol. The number of rotatable bonds is 8. The van der Waals surface area contributed by atoms with Gasteiger partial charge in [0.1, 0.15) is 5.75 Å². The first-order chi connectivity index (χ1) is 9.96. The first-order valence-electron chi connectivity index (χ1n) is 7.23. The molecule has 118 valence electrons. The smallest absolute Gasteiger partial charge is 0.251 e. The zero-order valence-corrected chi connectivity index (χ0v) is 12.9. The maximum atomic E-state index is 12.1. The number of amides is 1. The predicted molar refractivity (Wildman–Crippen MR) is 81.4 cm³/mol. The number of nitrogens with one attached hydrogen (secondary N) is 1. The van der Waals surface area contributed by atoms with E-state index in [1.165, 1.54) is 0 Å². The van der Waals surface area contributed by atoms with Crippen LogP contribution in [0.15, 0.2) is 24.3 Å². The Morgan fingerprint density at radius 2 is 1.81 bits per heavy atom. The summed E-state index contributed by atoms with van der Waals surface area (Å²) in [5.41, 5.74) is -0.518. The van der Waals surface area contributed by atoms with Crippen molar-refractivity contribution in [2.24, 2.45) is 5.92 Å². The summed E-state index contributed by atoms with van der Waals surface area (Å²) in [5.74, 6) is 0.828. The lowest BCUT2D eigenvalue weighted by molar-refractivity contribution is 0.0653. The van der Waals surface area contributed by atoms with Gasteiger partial charge in [-0.25, -0.2) is 0 Å². The van der Waals surface area contributed by atoms with E-state index in [0.29, 0.717) is 30.3 Å². The lowest BCUT2D eigenvalue weighted by Crippen LogP contribution is -2.53. The van der Waals surface area contributed by atoms with Crippen LogP contribution >= 0.6 is 0 Å². The molecule has 0 unspecified atom stereocenters. The van der Waals surface area contributed by atoms with Crippen molar-refractivity contribution >= 4 is 5.91 Å². The highest BCUT2D eigenvalue weighted by atomic mass is 16.5. The van der Waals surface area contributed by atoms with Crippen LogP contribution in [-0.4, -0.2) is 41.5 Å². The number of hydrogen-bond donors (Lipinski definition) is 3. The van der Waals surface area contributed by atoms with Gasteiger partial charge < -0.3 is 20.3 Å². The van der Waals surface area contributed by atoms with Gasteiger partial charge in [-0.1, -0.05) is 20.8 Å². The number of benzene rings is 1. The Kier molecular flexibility index (Phi) is 6.65. The normalized spacial score (nSPS) is 11.5. The van der Waals surface area contributed by atoms with Gasteiger partial charge in [-0.3, -0.25) is 4.79 Å². The lowest BCUT2D eigenvalue weighted by atomic mass is 9.98. The molecule has 3 N–H and O–H groups in total. The number of aliphatic hydroxyl groups is 2. The molecule has 0 spiro atoms. The van der Waals surface area contributed by atoms with E-state index in [2.05, 4.69) is 19.2 Å². The van der Waals surface area contributed by atoms with Crippen molar-refractivity contribution in [3.8, 4) is 5.75 Å². The molecule has 5 heteroatoms. The summed E-state index contributed by atoms with van der Waals surface area (Å²) in [5, 5.41) is 21.4. The minimum atomic E-state index is -0.982. The van der Waals surface area contributed by atoms with E-state index in [4.69, 9.17) is 4.74 Å². The van der Waals surface area contributed by atoms with E-state index in [1.807, 2.05) is 0 Å². The highest BCUT2D eigenvalue weighted by Crippen LogP contribution is 2.15. The summed E-state index contributed by atoms with van der Waals surface area (Å²) in [6.45, 7) is 5.95. The van der Waals surface area contributed by atoms with Crippen molar-refractivity contribution in [1.29, 1.82) is 0 Å². The molecule has 1 aromatic carbocycles. The van der Waals surface area contributed by atoms with Gasteiger partial charge in [0, 0.05) is 5.56 Å². The van der Waals surface area contributed by atoms with Crippen LogP contribution in [0.25, 0.3) is 0 Å². The van der Waals surface area contributed by atoms with E-state index in [1.54, 1.807) is 31.2 Å². The van der Waals surface area contributed by atoms with Crippen molar-refractivity contribution in [1.82, 2.24) is 5.32 Å². The van der Waals surface area contributed by atoms with Crippen LogP contribution in [0.5, 0.6) is 5.75 Å². The summed E-state index contributed by atoms with van der Waals surface area (Å²) in [6, 6.07) is 6.81. The average Bonchev–Trinajstić information content (AvgIpc) is 2.51. The van der Waals surface area contributed by atoms with Gasteiger partial charge in [0.25, 0.3) is 5.91 Å². The number of carbonyl (C=O) groups excluding carboxylic acids is 1. The van der Waals surface area contributed by atoms with Crippen molar-refractivity contribution < 1.29 is 19.7 Å². The molecule has 5 nitrogen and oxygen atoms in total. The number of ether oxygens (including phenoxy) is 1. The molecule has 1 aromatic rings. The third-order valence-corrected chi connectivity index (χ3v) is 3.36. The fraction of sp³-hybridized carbons (Fsp3) is 0.562. The summed E-state index contributed by atoms with van der Waals surface area (Å²) in [6.07, 6.45) is 0.446. The molecule has 0 aromatic heterocycles. The monoisotopic (exact) mass is 295 g/mol. The standard InChI is InChI=1S/C16H25NO4/c1-4-16(10-18,11-19)17-15(20)13-5-7-14(8-6-13)21-9-12(2)3/h5-8,12,18-19H,4,9-11H2,1-3H3,(H,17,20). The molecule has 0 aliphatic heterocycles. The van der Waals surface area contributed by atoms with E-state index in [-0.39, 0.29) is 19.1 Å². The minimum Gasteiger partial charge on any atom is -0.493 e. The molecule has 0 saturated carbocycles. The highest BCUT2D eigenvalue weighted by molar-refractivity contribution is 5.94. The molecule has 21 heavy (non-hydrogen) atoms. The van der Waals surface area contributed by atoms with Crippen LogP contribution in [-0.2, 0) is 0 Å². The van der Waals surface area contributed by atoms with Gasteiger partial charge in [-0.15, -0.1) is 0 Å². The second-order valence-corrected chi connectivity index (χ2v) is 5.63. The Balaban J connectivity index is 2.70. The van der Waals surface area contributed by atoms with Gasteiger partial charge >= 0.3 is 0 Å². The van der Waals surface area contributed by atoms with Crippen LogP contribution in [0.4, 0.5) is 0 Å². The summed E-state index contributed by atoms with van der Waals surface area (Å²) in [7, 11) is 0. The Hall–Kier alpha value is -1.59. The second kappa shape index (κ2) is 8.00. The number of aliphatic hydroxyl groups excluding tert-OH is 2. The molecule has 0 fully saturated rings. The first-order valence-corrected chi connectivity index (χ1v) is 7.23. The van der Waals surface area contributed by atoms with E-state index in [0.717, 1.165) is 0 Å². The van der Waals surface area contributed by atoms with Crippen LogP contribution < -0.4 is 10.1 Å². The second-order valence-electron chi connectivity index (χ2n) is 5.63. The minimum absolute atomic E-state index is 0.304. The third kappa shape index (κ3) is 5.02. The zero-order valence-electron chi connectivity index (χ0n) is 12.9. The molecule has 0 atom stereocenters. The van der Waals surface area contributed by atoms with Gasteiger partial charge in [-0.2, -0.15) is 0 Å². The molecule has 0 saturated heterocycles. The van der Waals surface area contributed by atoms with Gasteiger partial charge in [0.05, 0.1) is 25.4 Å². The van der Waals surface area contributed by atoms with Crippen molar-refractivity contribution in [3.05, 3.63) is 29.8 Å². The molecule has 0 radical (unpaired) electrons. The lowest BCUT2D eigenvalue weighted by Gasteiger charge is -2.29. The summed E-state index contributed by atoms with van der Waals surface area (Å²) < 4.78 is 5.55. The van der Waals surface area contributed by atoms with Crippen molar-refractivity contribution in [3.63, 3.8) is 0 Å². The van der Waals surface area contributed by atoms with Gasteiger partial charge in [0.2, 0.25) is 0 Å². The van der Waals surface area contributed by atoms with Crippen molar-refractivity contribution in [2.45, 2.75) is 32.7 Å². The maximum Gasteiger partial charge on any atom is 0.251 e. The first kappa shape index (κ1) is 17.5. The molecular formula is C16H25NO4. The average molecular weight is 295 g/mol. The maximum absolute atomic E-state index is 12.1. The predicted octanol–water partition coefficient (Wildman–Crippen LogP) is 1.58. The van der Waals surface area contributed by atoms with Gasteiger partial charge in [0.15, 0.2) is 0 Å². The Bertz CT molecular complexity index is 430. The number of carbonyl (C=O) groups is 1. The molecule has 0 bridgehead atoms. The fourth-order valence-electron chi connectivity index (χ4n) is 1.72. The zero-order chi connectivity index (χ0) is 15.9. The molecule has 0 aliphatic rings. The van der Waals surface area contributed by atoms with Crippen LogP contribution in [0.2, 0.25) is 0 Å².